The summed E-state index contributed by atoms with van der Waals surface area (Å²) >= 11 is 0. The number of rotatable bonds is 5. The molecule has 2 N–H and O–H groups in total. The fourth-order valence-electron chi connectivity index (χ4n) is 1.84. The van der Waals surface area contributed by atoms with E-state index in [0.717, 1.165) is 17.8 Å². The Labute approximate surface area is 112 Å². The highest BCUT2D eigenvalue weighted by Crippen LogP contribution is 2.08. The number of nitrogens with zero attached hydrogens (tertiary/aromatic N) is 2. The Balaban J connectivity index is 1.85. The van der Waals surface area contributed by atoms with Crippen molar-refractivity contribution in [2.75, 3.05) is 18.9 Å². The summed E-state index contributed by atoms with van der Waals surface area (Å²) in [5.74, 6) is -0.0511. The number of nitrogens with one attached hydrogen (secondary N) is 2. The number of hydrogen-bond donors (Lipinski definition) is 2. The van der Waals surface area contributed by atoms with Crippen LogP contribution >= 0.6 is 0 Å². The number of aromatic nitrogens is 2. The minimum atomic E-state index is -0.0511. The summed E-state index contributed by atoms with van der Waals surface area (Å²) in [5.41, 5.74) is 2.77. The van der Waals surface area contributed by atoms with Gasteiger partial charge in [-0.05, 0) is 30.3 Å². The molecule has 1 heterocycles. The first-order valence-corrected chi connectivity index (χ1v) is 6.23. The quantitative estimate of drug-likeness (QED) is 0.853. The fourth-order valence-corrected chi connectivity index (χ4v) is 1.84. The smallest absolute Gasteiger partial charge is 0.251 e. The average molecular weight is 258 g/mol. The molecule has 0 radical (unpaired) electrons. The monoisotopic (exact) mass is 258 g/mol. The average Bonchev–Trinajstić information content (AvgIpc) is 2.84. The zero-order valence-electron chi connectivity index (χ0n) is 11.2. The first-order valence-electron chi connectivity index (χ1n) is 6.23. The van der Waals surface area contributed by atoms with E-state index in [2.05, 4.69) is 15.7 Å². The van der Waals surface area contributed by atoms with Crippen LogP contribution in [0.15, 0.2) is 36.5 Å². The first-order chi connectivity index (χ1) is 9.20. The highest BCUT2D eigenvalue weighted by molar-refractivity contribution is 5.94. The van der Waals surface area contributed by atoms with Gasteiger partial charge in [0, 0.05) is 50.2 Å². The van der Waals surface area contributed by atoms with Gasteiger partial charge >= 0.3 is 0 Å². The Morgan fingerprint density at radius 3 is 2.58 bits per heavy atom. The van der Waals surface area contributed by atoms with E-state index in [0.29, 0.717) is 12.1 Å². The van der Waals surface area contributed by atoms with E-state index in [1.165, 1.54) is 0 Å². The summed E-state index contributed by atoms with van der Waals surface area (Å²) in [6.07, 6.45) is 2.53. The number of aryl methyl sites for hydroxylation is 1. The maximum absolute atomic E-state index is 11.9. The van der Waals surface area contributed by atoms with Crippen LogP contribution < -0.4 is 10.6 Å². The number of hydrogen-bond acceptors (Lipinski definition) is 3. The van der Waals surface area contributed by atoms with Crippen molar-refractivity contribution in [2.24, 2.45) is 7.05 Å². The Morgan fingerprint density at radius 2 is 2.00 bits per heavy atom. The summed E-state index contributed by atoms with van der Waals surface area (Å²) in [5, 5.41) is 10.0. The van der Waals surface area contributed by atoms with Crippen LogP contribution in [0.25, 0.3) is 0 Å². The lowest BCUT2D eigenvalue weighted by atomic mass is 10.2. The van der Waals surface area contributed by atoms with Gasteiger partial charge in [-0.15, -0.1) is 0 Å². The number of anilines is 1. The fraction of sp³-hybridized carbons (Fsp3) is 0.286. The van der Waals surface area contributed by atoms with E-state index in [9.17, 15) is 4.79 Å². The van der Waals surface area contributed by atoms with Crippen molar-refractivity contribution in [3.8, 4) is 0 Å². The van der Waals surface area contributed by atoms with Crippen LogP contribution in [0.1, 0.15) is 16.1 Å². The van der Waals surface area contributed by atoms with Crippen molar-refractivity contribution < 1.29 is 4.79 Å². The van der Waals surface area contributed by atoms with Crippen LogP contribution in [0, 0.1) is 0 Å². The molecule has 0 bridgehead atoms. The van der Waals surface area contributed by atoms with Gasteiger partial charge in [0.1, 0.15) is 0 Å². The van der Waals surface area contributed by atoms with Crippen molar-refractivity contribution in [1.82, 2.24) is 15.1 Å². The SMILES string of the molecule is CNc1ccc(C(=O)NCCc2ccnn2C)cc1. The zero-order chi connectivity index (χ0) is 13.7. The highest BCUT2D eigenvalue weighted by Gasteiger charge is 2.05. The lowest BCUT2D eigenvalue weighted by Crippen LogP contribution is -2.26. The van der Waals surface area contributed by atoms with Gasteiger partial charge in [-0.25, -0.2) is 0 Å². The minimum absolute atomic E-state index is 0.0511. The topological polar surface area (TPSA) is 59.0 Å². The Kier molecular flexibility index (Phi) is 4.18. The van der Waals surface area contributed by atoms with Crippen molar-refractivity contribution in [3.05, 3.63) is 47.8 Å². The summed E-state index contributed by atoms with van der Waals surface area (Å²) in [4.78, 5) is 11.9. The molecule has 0 aliphatic carbocycles. The zero-order valence-corrected chi connectivity index (χ0v) is 11.2. The third-order valence-electron chi connectivity index (χ3n) is 3.02. The molecule has 2 rings (SSSR count). The van der Waals surface area contributed by atoms with Gasteiger partial charge in [0.25, 0.3) is 5.91 Å². The van der Waals surface area contributed by atoms with Crippen LogP contribution in [-0.2, 0) is 13.5 Å². The molecule has 100 valence electrons. The number of benzene rings is 1. The predicted molar refractivity (Wildman–Crippen MR) is 75.2 cm³/mol. The second kappa shape index (κ2) is 6.04. The van der Waals surface area contributed by atoms with E-state index in [1.807, 2.05) is 49.1 Å². The van der Waals surface area contributed by atoms with Crippen LogP contribution in [0.5, 0.6) is 0 Å². The standard InChI is InChI=1S/C14H18N4O/c1-15-12-5-3-11(4-6-12)14(19)16-9-7-13-8-10-17-18(13)2/h3-6,8,10,15H,7,9H2,1-2H3,(H,16,19). The molecule has 0 unspecified atom stereocenters. The molecule has 5 nitrogen and oxygen atoms in total. The second-order valence-corrected chi connectivity index (χ2v) is 4.28. The number of carbonyl (C=O) groups is 1. The molecule has 5 heteroatoms. The number of amides is 1. The van der Waals surface area contributed by atoms with E-state index in [1.54, 1.807) is 6.20 Å². The lowest BCUT2D eigenvalue weighted by molar-refractivity contribution is 0.0954. The summed E-state index contributed by atoms with van der Waals surface area (Å²) in [6, 6.07) is 9.34. The second-order valence-electron chi connectivity index (χ2n) is 4.28. The molecule has 0 fully saturated rings. The molecule has 1 aromatic heterocycles. The van der Waals surface area contributed by atoms with Gasteiger partial charge < -0.3 is 10.6 Å². The highest BCUT2D eigenvalue weighted by atomic mass is 16.1. The molecule has 0 aliphatic rings. The first kappa shape index (κ1) is 13.1. The Hall–Kier alpha value is -2.30. The molecular weight excluding hydrogens is 240 g/mol. The van der Waals surface area contributed by atoms with Gasteiger partial charge in [-0.1, -0.05) is 0 Å². The molecule has 2 aromatic rings. The van der Waals surface area contributed by atoms with E-state index >= 15 is 0 Å². The lowest BCUT2D eigenvalue weighted by Gasteiger charge is -2.06. The normalized spacial score (nSPS) is 10.2. The van der Waals surface area contributed by atoms with Crippen LogP contribution in [0.4, 0.5) is 5.69 Å². The maximum atomic E-state index is 11.9. The largest absolute Gasteiger partial charge is 0.388 e. The molecule has 0 spiro atoms. The van der Waals surface area contributed by atoms with Crippen LogP contribution in [0.2, 0.25) is 0 Å². The summed E-state index contributed by atoms with van der Waals surface area (Å²) in [6.45, 7) is 0.603. The molecule has 0 aliphatic heterocycles. The van der Waals surface area contributed by atoms with Crippen molar-refractivity contribution in [3.63, 3.8) is 0 Å². The van der Waals surface area contributed by atoms with Crippen LogP contribution in [0.3, 0.4) is 0 Å². The maximum Gasteiger partial charge on any atom is 0.251 e. The van der Waals surface area contributed by atoms with Crippen molar-refractivity contribution in [1.29, 1.82) is 0 Å². The molecule has 19 heavy (non-hydrogen) atoms. The van der Waals surface area contributed by atoms with Crippen molar-refractivity contribution >= 4 is 11.6 Å². The molecule has 0 atom stereocenters. The van der Waals surface area contributed by atoms with Crippen LogP contribution in [-0.4, -0.2) is 29.3 Å². The Bertz CT molecular complexity index is 545. The van der Waals surface area contributed by atoms with Crippen molar-refractivity contribution in [2.45, 2.75) is 6.42 Å². The van der Waals surface area contributed by atoms with E-state index in [4.69, 9.17) is 0 Å². The number of carbonyl (C=O) groups excluding carboxylic acids is 1. The summed E-state index contributed by atoms with van der Waals surface area (Å²) < 4.78 is 1.81. The molecule has 0 saturated heterocycles. The molecule has 1 amide bonds. The third kappa shape index (κ3) is 3.34. The summed E-state index contributed by atoms with van der Waals surface area (Å²) in [7, 11) is 3.75. The predicted octanol–water partition coefficient (Wildman–Crippen LogP) is 1.43. The van der Waals surface area contributed by atoms with Gasteiger partial charge in [0.05, 0.1) is 0 Å². The van der Waals surface area contributed by atoms with Gasteiger partial charge in [-0.3, -0.25) is 9.48 Å². The van der Waals surface area contributed by atoms with E-state index in [-0.39, 0.29) is 5.91 Å². The van der Waals surface area contributed by atoms with Gasteiger partial charge in [-0.2, -0.15) is 5.10 Å². The molecule has 0 saturated carbocycles. The van der Waals surface area contributed by atoms with Gasteiger partial charge in [0.2, 0.25) is 0 Å². The molecule has 1 aromatic carbocycles. The Morgan fingerprint density at radius 1 is 1.26 bits per heavy atom. The van der Waals surface area contributed by atoms with E-state index < -0.39 is 0 Å². The van der Waals surface area contributed by atoms with Gasteiger partial charge in [0.15, 0.2) is 0 Å². The third-order valence-corrected chi connectivity index (χ3v) is 3.02. The minimum Gasteiger partial charge on any atom is -0.388 e. The molecular formula is C14H18N4O.